The summed E-state index contributed by atoms with van der Waals surface area (Å²) in [7, 11) is 0. The lowest BCUT2D eigenvalue weighted by molar-refractivity contribution is 0.621. The molecule has 142 valence electrons. The van der Waals surface area contributed by atoms with Gasteiger partial charge in [-0.2, -0.15) is 0 Å². The molecule has 1 N–H and O–H groups in total. The monoisotopic (exact) mass is 394 g/mol. The maximum atomic E-state index is 13.5. The molecule has 0 spiro atoms. The van der Waals surface area contributed by atoms with E-state index < -0.39 is 11.5 Å². The normalized spacial score (nSPS) is 11.3. The smallest absolute Gasteiger partial charge is 0.298 e. The lowest BCUT2D eigenvalue weighted by Crippen LogP contribution is -2.35. The standard InChI is InChI=1S/C22H19FN2O2S/c1-12-7-8-16(9-13(12)2)18-14(3)28-20-19(18)21(26)25(22(27)24-20)11-15-5-4-6-17(23)10-15/h4-10H,11H2,1-3H3,(H,24,27). The Morgan fingerprint density at radius 3 is 2.54 bits per heavy atom. The van der Waals surface area contributed by atoms with Crippen LogP contribution in [0.4, 0.5) is 4.39 Å². The van der Waals surface area contributed by atoms with Crippen LogP contribution in [0.25, 0.3) is 21.3 Å². The number of nitrogens with zero attached hydrogens (tertiary/aromatic N) is 1. The fourth-order valence-electron chi connectivity index (χ4n) is 3.43. The number of benzene rings is 2. The molecular weight excluding hydrogens is 375 g/mol. The third kappa shape index (κ3) is 3.10. The Morgan fingerprint density at radius 2 is 1.82 bits per heavy atom. The van der Waals surface area contributed by atoms with Crippen molar-refractivity contribution in [3.8, 4) is 11.1 Å². The van der Waals surface area contributed by atoms with Gasteiger partial charge in [-0.3, -0.25) is 14.3 Å². The fraction of sp³-hybridized carbons (Fsp3) is 0.182. The number of aromatic amines is 1. The number of hydrogen-bond acceptors (Lipinski definition) is 3. The molecule has 0 saturated carbocycles. The molecule has 4 rings (SSSR count). The average Bonchev–Trinajstić information content (AvgIpc) is 2.97. The second-order valence-electron chi connectivity index (χ2n) is 6.99. The van der Waals surface area contributed by atoms with Crippen molar-refractivity contribution in [2.75, 3.05) is 0 Å². The first-order valence-corrected chi connectivity index (χ1v) is 9.75. The first-order valence-electron chi connectivity index (χ1n) is 8.93. The molecule has 6 heteroatoms. The molecule has 0 aliphatic heterocycles. The Labute approximate surface area is 164 Å². The van der Waals surface area contributed by atoms with E-state index in [1.165, 1.54) is 29.0 Å². The minimum Gasteiger partial charge on any atom is -0.298 e. The molecule has 0 unspecified atom stereocenters. The highest BCUT2D eigenvalue weighted by molar-refractivity contribution is 7.19. The minimum atomic E-state index is -0.491. The zero-order valence-corrected chi connectivity index (χ0v) is 16.6. The van der Waals surface area contributed by atoms with Gasteiger partial charge in [-0.1, -0.05) is 30.3 Å². The summed E-state index contributed by atoms with van der Waals surface area (Å²) in [5, 5.41) is 0.502. The highest BCUT2D eigenvalue weighted by Crippen LogP contribution is 2.35. The van der Waals surface area contributed by atoms with Crippen LogP contribution >= 0.6 is 11.3 Å². The number of aryl methyl sites for hydroxylation is 3. The summed E-state index contributed by atoms with van der Waals surface area (Å²) < 4.78 is 14.6. The second-order valence-corrected chi connectivity index (χ2v) is 8.21. The maximum absolute atomic E-state index is 13.5. The first kappa shape index (κ1) is 18.4. The molecule has 28 heavy (non-hydrogen) atoms. The number of halogens is 1. The number of aromatic nitrogens is 2. The Bertz CT molecular complexity index is 1330. The Balaban J connectivity index is 1.96. The van der Waals surface area contributed by atoms with Crippen LogP contribution in [0.3, 0.4) is 0 Å². The third-order valence-electron chi connectivity index (χ3n) is 5.03. The Morgan fingerprint density at radius 1 is 1.04 bits per heavy atom. The summed E-state index contributed by atoms with van der Waals surface area (Å²) >= 11 is 1.40. The van der Waals surface area contributed by atoms with Gasteiger partial charge >= 0.3 is 5.69 Å². The van der Waals surface area contributed by atoms with E-state index in [4.69, 9.17) is 0 Å². The molecule has 0 atom stereocenters. The predicted molar refractivity (Wildman–Crippen MR) is 112 cm³/mol. The Hall–Kier alpha value is -2.99. The van der Waals surface area contributed by atoms with Crippen molar-refractivity contribution in [3.05, 3.63) is 90.7 Å². The highest BCUT2D eigenvalue weighted by Gasteiger charge is 2.18. The first-order chi connectivity index (χ1) is 13.3. The van der Waals surface area contributed by atoms with Gasteiger partial charge in [-0.15, -0.1) is 11.3 Å². The van der Waals surface area contributed by atoms with Crippen LogP contribution in [-0.2, 0) is 6.54 Å². The summed E-state index contributed by atoms with van der Waals surface area (Å²) in [6, 6.07) is 12.0. The van der Waals surface area contributed by atoms with Crippen LogP contribution in [0, 0.1) is 26.6 Å². The van der Waals surface area contributed by atoms with Crippen LogP contribution < -0.4 is 11.2 Å². The van der Waals surface area contributed by atoms with Gasteiger partial charge in [0.2, 0.25) is 0 Å². The second kappa shape index (κ2) is 6.87. The summed E-state index contributed by atoms with van der Waals surface area (Å²) in [4.78, 5) is 30.1. The molecule has 2 aromatic carbocycles. The van der Waals surface area contributed by atoms with Crippen molar-refractivity contribution in [3.63, 3.8) is 0 Å². The molecule has 0 radical (unpaired) electrons. The van der Waals surface area contributed by atoms with Crippen LogP contribution in [0.1, 0.15) is 21.6 Å². The summed E-state index contributed by atoms with van der Waals surface area (Å²) in [6.07, 6.45) is 0. The lowest BCUT2D eigenvalue weighted by Gasteiger charge is -2.08. The van der Waals surface area contributed by atoms with Gasteiger partial charge in [0.1, 0.15) is 10.6 Å². The predicted octanol–water partition coefficient (Wildman–Crippen LogP) is 4.53. The third-order valence-corrected chi connectivity index (χ3v) is 6.05. The number of rotatable bonds is 3. The fourth-order valence-corrected chi connectivity index (χ4v) is 4.49. The van der Waals surface area contributed by atoms with Crippen molar-refractivity contribution in [2.24, 2.45) is 0 Å². The van der Waals surface area contributed by atoms with Gasteiger partial charge in [0.15, 0.2) is 0 Å². The maximum Gasteiger partial charge on any atom is 0.329 e. The van der Waals surface area contributed by atoms with Gasteiger partial charge < -0.3 is 0 Å². The number of hydrogen-bond donors (Lipinski definition) is 1. The minimum absolute atomic E-state index is 0.0170. The summed E-state index contributed by atoms with van der Waals surface area (Å²) in [5.41, 5.74) is 3.83. The van der Waals surface area contributed by atoms with Crippen molar-refractivity contribution in [2.45, 2.75) is 27.3 Å². The number of H-pyrrole nitrogens is 1. The van der Waals surface area contributed by atoms with Gasteiger partial charge in [0.25, 0.3) is 5.56 Å². The zero-order chi connectivity index (χ0) is 20.0. The van der Waals surface area contributed by atoms with Gasteiger partial charge in [0.05, 0.1) is 11.9 Å². The topological polar surface area (TPSA) is 54.9 Å². The number of nitrogens with one attached hydrogen (secondary N) is 1. The molecule has 0 amide bonds. The van der Waals surface area contributed by atoms with Crippen molar-refractivity contribution >= 4 is 21.6 Å². The van der Waals surface area contributed by atoms with Crippen molar-refractivity contribution < 1.29 is 4.39 Å². The molecule has 4 aromatic rings. The van der Waals surface area contributed by atoms with E-state index >= 15 is 0 Å². The highest BCUT2D eigenvalue weighted by atomic mass is 32.1. The number of fused-ring (bicyclic) bond motifs is 1. The molecule has 0 aliphatic rings. The van der Waals surface area contributed by atoms with Crippen molar-refractivity contribution in [1.29, 1.82) is 0 Å². The molecule has 4 nitrogen and oxygen atoms in total. The van der Waals surface area contributed by atoms with Gasteiger partial charge in [-0.25, -0.2) is 9.18 Å². The molecule has 2 aromatic heterocycles. The molecule has 2 heterocycles. The SMILES string of the molecule is Cc1ccc(-c2c(C)sc3[nH]c(=O)n(Cc4cccc(F)c4)c(=O)c23)cc1C. The Kier molecular flexibility index (Phi) is 4.51. The summed E-state index contributed by atoms with van der Waals surface area (Å²) in [6.45, 7) is 6.04. The van der Waals surface area contributed by atoms with E-state index in [1.807, 2.05) is 32.9 Å². The van der Waals surface area contributed by atoms with Crippen LogP contribution in [-0.4, -0.2) is 9.55 Å². The zero-order valence-electron chi connectivity index (χ0n) is 15.8. The molecule has 0 fully saturated rings. The quantitative estimate of drug-likeness (QED) is 0.555. The van der Waals surface area contributed by atoms with Gasteiger partial charge in [0, 0.05) is 10.4 Å². The van der Waals surface area contributed by atoms with E-state index in [1.54, 1.807) is 12.1 Å². The van der Waals surface area contributed by atoms with Crippen LogP contribution in [0.15, 0.2) is 52.1 Å². The summed E-state index contributed by atoms with van der Waals surface area (Å²) in [5.74, 6) is -0.398. The molecular formula is C22H19FN2O2S. The van der Waals surface area contributed by atoms with E-state index in [0.717, 1.165) is 26.1 Å². The molecule has 0 saturated heterocycles. The molecule has 0 bridgehead atoms. The van der Waals surface area contributed by atoms with E-state index in [9.17, 15) is 14.0 Å². The number of thiophene rings is 1. The van der Waals surface area contributed by atoms with E-state index in [0.29, 0.717) is 15.8 Å². The average molecular weight is 394 g/mol. The van der Waals surface area contributed by atoms with E-state index in [-0.39, 0.29) is 12.1 Å². The largest absolute Gasteiger partial charge is 0.329 e. The van der Waals surface area contributed by atoms with Crippen LogP contribution in [0.5, 0.6) is 0 Å². The van der Waals surface area contributed by atoms with Gasteiger partial charge in [-0.05, 0) is 55.2 Å². The lowest BCUT2D eigenvalue weighted by atomic mass is 9.99. The van der Waals surface area contributed by atoms with E-state index in [2.05, 4.69) is 11.1 Å². The van der Waals surface area contributed by atoms with Crippen LogP contribution in [0.2, 0.25) is 0 Å². The molecule has 0 aliphatic carbocycles. The van der Waals surface area contributed by atoms with Crippen molar-refractivity contribution in [1.82, 2.24) is 9.55 Å².